The summed E-state index contributed by atoms with van der Waals surface area (Å²) < 4.78 is 37.3. The summed E-state index contributed by atoms with van der Waals surface area (Å²) in [6.07, 6.45) is -0.377. The molecule has 0 bridgehead atoms. The van der Waals surface area contributed by atoms with Crippen LogP contribution < -0.4 is 10.1 Å². The Morgan fingerprint density at radius 1 is 1.15 bits per heavy atom. The first-order valence-electron chi connectivity index (χ1n) is 8.09. The highest BCUT2D eigenvalue weighted by molar-refractivity contribution is 5.90. The van der Waals surface area contributed by atoms with E-state index in [1.54, 1.807) is 0 Å². The Kier molecular flexibility index (Phi) is 3.86. The average molecular weight is 359 g/mol. The van der Waals surface area contributed by atoms with Crippen LogP contribution in [-0.4, -0.2) is 25.1 Å². The van der Waals surface area contributed by atoms with Crippen molar-refractivity contribution in [3.63, 3.8) is 0 Å². The van der Waals surface area contributed by atoms with Gasteiger partial charge in [-0.15, -0.1) is 0 Å². The maximum absolute atomic E-state index is 13.5. The highest BCUT2D eigenvalue weighted by Gasteiger charge is 2.62. The van der Waals surface area contributed by atoms with Gasteiger partial charge in [0, 0.05) is 11.5 Å². The summed E-state index contributed by atoms with van der Waals surface area (Å²) >= 11 is 0. The number of esters is 1. The number of benzene rings is 2. The van der Waals surface area contributed by atoms with E-state index in [1.807, 2.05) is 0 Å². The van der Waals surface area contributed by atoms with Crippen LogP contribution in [0.1, 0.15) is 23.1 Å². The molecule has 1 aliphatic heterocycles. The third-order valence-corrected chi connectivity index (χ3v) is 4.76. The smallest absolute Gasteiger partial charge is 0.333 e. The van der Waals surface area contributed by atoms with Crippen LogP contribution >= 0.6 is 0 Å². The Morgan fingerprint density at radius 2 is 1.92 bits per heavy atom. The van der Waals surface area contributed by atoms with Crippen LogP contribution in [0.5, 0.6) is 5.75 Å². The van der Waals surface area contributed by atoms with E-state index in [0.29, 0.717) is 11.3 Å². The Balaban J connectivity index is 1.53. The van der Waals surface area contributed by atoms with E-state index in [4.69, 9.17) is 9.47 Å². The number of methoxy groups -OCH3 is 1. The Morgan fingerprint density at radius 3 is 2.65 bits per heavy atom. The molecule has 1 saturated carbocycles. The van der Waals surface area contributed by atoms with Crippen molar-refractivity contribution >= 4 is 11.9 Å². The molecule has 5 nitrogen and oxygen atoms in total. The van der Waals surface area contributed by atoms with Crippen LogP contribution in [0.2, 0.25) is 0 Å². The van der Waals surface area contributed by atoms with Crippen molar-refractivity contribution in [2.24, 2.45) is 5.92 Å². The summed E-state index contributed by atoms with van der Waals surface area (Å²) in [6, 6.07) is 8.45. The van der Waals surface area contributed by atoms with Crippen molar-refractivity contribution in [1.82, 2.24) is 5.32 Å². The minimum atomic E-state index is -1.13. The number of hydrogen-bond acceptors (Lipinski definition) is 4. The van der Waals surface area contributed by atoms with Gasteiger partial charge in [0.1, 0.15) is 23.5 Å². The fourth-order valence-electron chi connectivity index (χ4n) is 3.47. The standard InChI is InChI=1S/C19H15F2NO4/c1-25-19(24)16(9-3-2-4-10(20)7-9)22-18(23)15-14-12-8-11(21)5-6-13(12)26-17(14)15/h2-8,14-17H,1H3,(H,22,23)/t14?,15?,16-,17?/m0/s1. The molecule has 1 aliphatic carbocycles. The first-order chi connectivity index (χ1) is 12.5. The molecule has 134 valence electrons. The lowest BCUT2D eigenvalue weighted by Crippen LogP contribution is -2.36. The van der Waals surface area contributed by atoms with E-state index < -0.39 is 35.5 Å². The number of fused-ring (bicyclic) bond motifs is 3. The minimum Gasteiger partial charge on any atom is -0.489 e. The van der Waals surface area contributed by atoms with Crippen molar-refractivity contribution in [1.29, 1.82) is 0 Å². The van der Waals surface area contributed by atoms with Gasteiger partial charge in [0.25, 0.3) is 0 Å². The summed E-state index contributed by atoms with van der Waals surface area (Å²) in [6.45, 7) is 0. The number of ether oxygens (including phenoxy) is 2. The van der Waals surface area contributed by atoms with Gasteiger partial charge in [0.05, 0.1) is 13.0 Å². The molecule has 1 N–H and O–H groups in total. The van der Waals surface area contributed by atoms with E-state index >= 15 is 0 Å². The molecule has 4 rings (SSSR count). The SMILES string of the molecule is COC(=O)[C@@H](NC(=O)C1C2Oc3ccc(F)cc3C21)c1cccc(F)c1. The van der Waals surface area contributed by atoms with Gasteiger partial charge in [-0.05, 0) is 35.9 Å². The molecule has 1 fully saturated rings. The van der Waals surface area contributed by atoms with Gasteiger partial charge in [-0.25, -0.2) is 13.6 Å². The lowest BCUT2D eigenvalue weighted by Gasteiger charge is -2.18. The van der Waals surface area contributed by atoms with Crippen LogP contribution in [0.3, 0.4) is 0 Å². The highest BCUT2D eigenvalue weighted by Crippen LogP contribution is 2.58. The maximum atomic E-state index is 13.5. The third kappa shape index (κ3) is 2.69. The molecular formula is C19H15F2NO4. The maximum Gasteiger partial charge on any atom is 0.333 e. The van der Waals surface area contributed by atoms with Gasteiger partial charge in [-0.3, -0.25) is 4.79 Å². The van der Waals surface area contributed by atoms with E-state index in [-0.39, 0.29) is 17.6 Å². The topological polar surface area (TPSA) is 64.6 Å². The van der Waals surface area contributed by atoms with E-state index in [0.717, 1.165) is 6.07 Å². The van der Waals surface area contributed by atoms with Crippen LogP contribution in [0.4, 0.5) is 8.78 Å². The average Bonchev–Trinajstić information content (AvgIpc) is 3.23. The fraction of sp³-hybridized carbons (Fsp3) is 0.263. The van der Waals surface area contributed by atoms with Crippen LogP contribution in [0.25, 0.3) is 0 Å². The van der Waals surface area contributed by atoms with Crippen molar-refractivity contribution in [3.05, 3.63) is 65.2 Å². The monoisotopic (exact) mass is 359 g/mol. The van der Waals surface area contributed by atoms with Crippen molar-refractivity contribution in [3.8, 4) is 5.75 Å². The van der Waals surface area contributed by atoms with Crippen molar-refractivity contribution < 1.29 is 27.8 Å². The second-order valence-corrected chi connectivity index (χ2v) is 6.34. The zero-order valence-electron chi connectivity index (χ0n) is 13.7. The molecule has 0 saturated heterocycles. The number of nitrogens with one attached hydrogen (secondary N) is 1. The van der Waals surface area contributed by atoms with E-state index in [9.17, 15) is 18.4 Å². The summed E-state index contributed by atoms with van der Waals surface area (Å²) in [7, 11) is 1.19. The molecule has 1 heterocycles. The summed E-state index contributed by atoms with van der Waals surface area (Å²) in [5.41, 5.74) is 0.930. The van der Waals surface area contributed by atoms with E-state index in [1.165, 1.54) is 43.5 Å². The van der Waals surface area contributed by atoms with Gasteiger partial charge in [0.2, 0.25) is 5.91 Å². The molecule has 3 unspecified atom stereocenters. The molecule has 4 atom stereocenters. The molecule has 0 aromatic heterocycles. The Labute approximate surface area is 147 Å². The lowest BCUT2D eigenvalue weighted by atomic mass is 10.1. The van der Waals surface area contributed by atoms with Crippen LogP contribution in [-0.2, 0) is 14.3 Å². The van der Waals surface area contributed by atoms with Crippen molar-refractivity contribution in [2.75, 3.05) is 7.11 Å². The second kappa shape index (κ2) is 6.09. The molecule has 0 radical (unpaired) electrons. The summed E-state index contributed by atoms with van der Waals surface area (Å²) in [4.78, 5) is 24.7. The number of halogens is 2. The number of amides is 1. The second-order valence-electron chi connectivity index (χ2n) is 6.34. The fourth-order valence-corrected chi connectivity index (χ4v) is 3.47. The molecule has 26 heavy (non-hydrogen) atoms. The van der Waals surface area contributed by atoms with Gasteiger partial charge in [0.15, 0.2) is 6.04 Å². The zero-order valence-corrected chi connectivity index (χ0v) is 13.7. The molecule has 2 aliphatic rings. The molecule has 2 aromatic rings. The summed E-state index contributed by atoms with van der Waals surface area (Å²) in [5, 5.41) is 2.59. The Bertz CT molecular complexity index is 901. The number of rotatable bonds is 4. The predicted molar refractivity (Wildman–Crippen MR) is 86.3 cm³/mol. The molecule has 0 spiro atoms. The lowest BCUT2D eigenvalue weighted by molar-refractivity contribution is -0.145. The first kappa shape index (κ1) is 16.5. The third-order valence-electron chi connectivity index (χ3n) is 4.76. The molecular weight excluding hydrogens is 344 g/mol. The van der Waals surface area contributed by atoms with E-state index in [2.05, 4.69) is 5.32 Å². The minimum absolute atomic E-state index is 0.244. The quantitative estimate of drug-likeness (QED) is 0.852. The molecule has 1 amide bonds. The highest BCUT2D eigenvalue weighted by atomic mass is 19.1. The zero-order chi connectivity index (χ0) is 18.4. The number of carbonyl (C=O) groups is 2. The van der Waals surface area contributed by atoms with Crippen LogP contribution in [0, 0.1) is 17.6 Å². The predicted octanol–water partition coefficient (Wildman–Crippen LogP) is 2.47. The van der Waals surface area contributed by atoms with Crippen molar-refractivity contribution in [2.45, 2.75) is 18.1 Å². The van der Waals surface area contributed by atoms with Gasteiger partial charge < -0.3 is 14.8 Å². The van der Waals surface area contributed by atoms with Crippen LogP contribution in [0.15, 0.2) is 42.5 Å². The Hall–Kier alpha value is -2.96. The largest absolute Gasteiger partial charge is 0.489 e. The normalized spacial score (nSPS) is 23.3. The number of carbonyl (C=O) groups excluding carboxylic acids is 2. The summed E-state index contributed by atoms with van der Waals surface area (Å²) in [5.74, 6) is -2.25. The van der Waals surface area contributed by atoms with Gasteiger partial charge in [-0.2, -0.15) is 0 Å². The van der Waals surface area contributed by atoms with Gasteiger partial charge in [-0.1, -0.05) is 12.1 Å². The molecule has 7 heteroatoms. The van der Waals surface area contributed by atoms with Gasteiger partial charge >= 0.3 is 5.97 Å². The first-order valence-corrected chi connectivity index (χ1v) is 8.09. The molecule has 2 aromatic carbocycles. The number of hydrogen-bond donors (Lipinski definition) is 1.